The molecule has 1 aromatic heterocycles. The molecule has 7 heteroatoms. The van der Waals surface area contributed by atoms with Crippen molar-refractivity contribution in [2.45, 2.75) is 6.92 Å². The zero-order valence-electron chi connectivity index (χ0n) is 12.4. The smallest absolute Gasteiger partial charge is 0.325 e. The van der Waals surface area contributed by atoms with E-state index in [0.717, 1.165) is 0 Å². The summed E-state index contributed by atoms with van der Waals surface area (Å²) in [4.78, 5) is 34.8. The molecule has 0 fully saturated rings. The number of hydrogen-bond donors (Lipinski definition) is 0. The molecule has 114 valence electrons. The number of amides is 1. The van der Waals surface area contributed by atoms with Crippen molar-refractivity contribution >= 4 is 17.8 Å². The number of rotatable bonds is 8. The first-order valence-corrected chi connectivity index (χ1v) is 6.61. The van der Waals surface area contributed by atoms with E-state index < -0.39 is 5.97 Å². The topological polar surface area (TPSA) is 75.6 Å². The molecule has 0 aromatic carbocycles. The standard InChI is InChI=1S/C14H20N4O3/c1-4-9-18(11-13(20)21-5-2)12(19)10-17(3)14-15-7-6-8-16-14/h4,6-8H,1,5,9-11H2,2-3H3. The number of carbonyl (C=O) groups is 2. The van der Waals surface area contributed by atoms with Gasteiger partial charge in [0.05, 0.1) is 13.2 Å². The van der Waals surface area contributed by atoms with Gasteiger partial charge in [0.25, 0.3) is 0 Å². The summed E-state index contributed by atoms with van der Waals surface area (Å²) in [5.74, 6) is -0.218. The third-order valence-electron chi connectivity index (χ3n) is 2.59. The summed E-state index contributed by atoms with van der Waals surface area (Å²) in [6, 6.07) is 1.70. The quantitative estimate of drug-likeness (QED) is 0.513. The molecular weight excluding hydrogens is 272 g/mol. The fraction of sp³-hybridized carbons (Fsp3) is 0.429. The maximum absolute atomic E-state index is 12.2. The van der Waals surface area contributed by atoms with Crippen LogP contribution in [0.3, 0.4) is 0 Å². The maximum atomic E-state index is 12.2. The molecule has 0 saturated heterocycles. The van der Waals surface area contributed by atoms with Gasteiger partial charge in [0.15, 0.2) is 0 Å². The Bertz CT molecular complexity index is 478. The Kier molecular flexibility index (Phi) is 6.86. The first-order chi connectivity index (χ1) is 10.1. The van der Waals surface area contributed by atoms with E-state index in [4.69, 9.17) is 4.74 Å². The van der Waals surface area contributed by atoms with E-state index in [0.29, 0.717) is 5.95 Å². The molecule has 1 heterocycles. The monoisotopic (exact) mass is 292 g/mol. The highest BCUT2D eigenvalue weighted by Gasteiger charge is 2.19. The van der Waals surface area contributed by atoms with E-state index in [2.05, 4.69) is 16.5 Å². The van der Waals surface area contributed by atoms with E-state index in [-0.39, 0.29) is 32.1 Å². The molecule has 0 bridgehead atoms. The van der Waals surface area contributed by atoms with Crippen LogP contribution in [0.2, 0.25) is 0 Å². The zero-order valence-corrected chi connectivity index (χ0v) is 12.4. The van der Waals surface area contributed by atoms with Gasteiger partial charge >= 0.3 is 5.97 Å². The third kappa shape index (κ3) is 5.60. The normalized spacial score (nSPS) is 9.81. The molecule has 0 radical (unpaired) electrons. The molecule has 0 spiro atoms. The number of anilines is 1. The van der Waals surface area contributed by atoms with E-state index in [1.165, 1.54) is 4.90 Å². The van der Waals surface area contributed by atoms with Crippen LogP contribution in [0.5, 0.6) is 0 Å². The average Bonchev–Trinajstić information content (AvgIpc) is 2.48. The molecule has 1 rings (SSSR count). The molecule has 0 atom stereocenters. The number of likely N-dealkylation sites (N-methyl/N-ethyl adjacent to an activating group) is 1. The van der Waals surface area contributed by atoms with Gasteiger partial charge in [0.1, 0.15) is 6.54 Å². The molecule has 7 nitrogen and oxygen atoms in total. The Morgan fingerprint density at radius 3 is 2.57 bits per heavy atom. The van der Waals surface area contributed by atoms with Crippen LogP contribution in [0.1, 0.15) is 6.92 Å². The van der Waals surface area contributed by atoms with Crippen LogP contribution in [0, 0.1) is 0 Å². The highest BCUT2D eigenvalue weighted by Crippen LogP contribution is 2.03. The van der Waals surface area contributed by atoms with Crippen molar-refractivity contribution in [3.05, 3.63) is 31.1 Å². The van der Waals surface area contributed by atoms with Gasteiger partial charge in [0.2, 0.25) is 11.9 Å². The van der Waals surface area contributed by atoms with Gasteiger partial charge in [-0.2, -0.15) is 0 Å². The Hall–Kier alpha value is -2.44. The van der Waals surface area contributed by atoms with E-state index in [9.17, 15) is 9.59 Å². The summed E-state index contributed by atoms with van der Waals surface area (Å²) in [6.45, 7) is 5.84. The number of carbonyl (C=O) groups excluding carboxylic acids is 2. The maximum Gasteiger partial charge on any atom is 0.325 e. The number of esters is 1. The van der Waals surface area contributed by atoms with Crippen molar-refractivity contribution in [2.75, 3.05) is 38.2 Å². The fourth-order valence-electron chi connectivity index (χ4n) is 1.63. The van der Waals surface area contributed by atoms with E-state index in [1.54, 1.807) is 43.4 Å². The lowest BCUT2D eigenvalue weighted by molar-refractivity contribution is -0.148. The average molecular weight is 292 g/mol. The van der Waals surface area contributed by atoms with Crippen molar-refractivity contribution in [2.24, 2.45) is 0 Å². The van der Waals surface area contributed by atoms with Gasteiger partial charge in [-0.3, -0.25) is 9.59 Å². The molecular formula is C14H20N4O3. The lowest BCUT2D eigenvalue weighted by Crippen LogP contribution is -2.42. The third-order valence-corrected chi connectivity index (χ3v) is 2.59. The molecule has 1 aromatic rings. The Morgan fingerprint density at radius 1 is 1.33 bits per heavy atom. The van der Waals surface area contributed by atoms with Crippen molar-refractivity contribution in [1.29, 1.82) is 0 Å². The van der Waals surface area contributed by atoms with Gasteiger partial charge in [-0.15, -0.1) is 6.58 Å². The second-order valence-electron chi connectivity index (χ2n) is 4.27. The second-order valence-corrected chi connectivity index (χ2v) is 4.27. The molecule has 0 saturated carbocycles. The molecule has 1 amide bonds. The van der Waals surface area contributed by atoms with Gasteiger partial charge in [-0.05, 0) is 13.0 Å². The molecule has 0 unspecified atom stereocenters. The summed E-state index contributed by atoms with van der Waals surface area (Å²) >= 11 is 0. The SMILES string of the molecule is C=CCN(CC(=O)OCC)C(=O)CN(C)c1ncccn1. The molecule has 0 aliphatic heterocycles. The van der Waals surface area contributed by atoms with E-state index in [1.807, 2.05) is 0 Å². The first-order valence-electron chi connectivity index (χ1n) is 6.61. The van der Waals surface area contributed by atoms with Crippen LogP contribution in [0.25, 0.3) is 0 Å². The Balaban J connectivity index is 2.64. The van der Waals surface area contributed by atoms with Crippen LogP contribution in [0.4, 0.5) is 5.95 Å². The van der Waals surface area contributed by atoms with E-state index >= 15 is 0 Å². The summed E-state index contributed by atoms with van der Waals surface area (Å²) < 4.78 is 4.85. The van der Waals surface area contributed by atoms with Crippen LogP contribution >= 0.6 is 0 Å². The lowest BCUT2D eigenvalue weighted by atomic mass is 10.4. The number of ether oxygens (including phenoxy) is 1. The predicted octanol–water partition coefficient (Wildman–Crippen LogP) is 0.490. The van der Waals surface area contributed by atoms with Crippen molar-refractivity contribution in [3.8, 4) is 0 Å². The number of nitrogens with zero attached hydrogens (tertiary/aromatic N) is 4. The zero-order chi connectivity index (χ0) is 15.7. The molecule has 21 heavy (non-hydrogen) atoms. The fourth-order valence-corrected chi connectivity index (χ4v) is 1.63. The lowest BCUT2D eigenvalue weighted by Gasteiger charge is -2.23. The molecule has 0 aliphatic carbocycles. The van der Waals surface area contributed by atoms with Gasteiger partial charge in [0, 0.05) is 26.0 Å². The second kappa shape index (κ2) is 8.68. The van der Waals surface area contributed by atoms with Crippen LogP contribution in [-0.4, -0.2) is 60.0 Å². The predicted molar refractivity (Wildman–Crippen MR) is 78.7 cm³/mol. The van der Waals surface area contributed by atoms with Crippen molar-refractivity contribution in [1.82, 2.24) is 14.9 Å². The Labute approximate surface area is 124 Å². The van der Waals surface area contributed by atoms with Crippen LogP contribution in [0.15, 0.2) is 31.1 Å². The van der Waals surface area contributed by atoms with Gasteiger partial charge in [-0.25, -0.2) is 9.97 Å². The van der Waals surface area contributed by atoms with Crippen molar-refractivity contribution in [3.63, 3.8) is 0 Å². The highest BCUT2D eigenvalue weighted by atomic mass is 16.5. The summed E-state index contributed by atoms with van der Waals surface area (Å²) in [5, 5.41) is 0. The molecule has 0 N–H and O–H groups in total. The summed E-state index contributed by atoms with van der Waals surface area (Å²) in [5.41, 5.74) is 0. The van der Waals surface area contributed by atoms with Gasteiger partial charge < -0.3 is 14.5 Å². The minimum Gasteiger partial charge on any atom is -0.465 e. The van der Waals surface area contributed by atoms with Crippen LogP contribution < -0.4 is 4.90 Å². The molecule has 0 aliphatic rings. The minimum absolute atomic E-state index is 0.0667. The summed E-state index contributed by atoms with van der Waals surface area (Å²) in [6.07, 6.45) is 4.77. The first kappa shape index (κ1) is 16.6. The largest absolute Gasteiger partial charge is 0.465 e. The number of hydrogen-bond acceptors (Lipinski definition) is 6. The minimum atomic E-state index is -0.439. The number of aromatic nitrogens is 2. The van der Waals surface area contributed by atoms with Crippen molar-refractivity contribution < 1.29 is 14.3 Å². The van der Waals surface area contributed by atoms with Gasteiger partial charge in [-0.1, -0.05) is 6.08 Å². The van der Waals surface area contributed by atoms with Crippen LogP contribution in [-0.2, 0) is 14.3 Å². The highest BCUT2D eigenvalue weighted by molar-refractivity contribution is 5.85. The Morgan fingerprint density at radius 2 is 2.00 bits per heavy atom. The summed E-state index contributed by atoms with van der Waals surface area (Å²) in [7, 11) is 1.71.